The molecule has 0 aliphatic carbocycles. The van der Waals surface area contributed by atoms with E-state index in [1.807, 2.05) is 6.92 Å². The molecule has 1 rings (SSSR count). The minimum atomic E-state index is -0.476. The highest BCUT2D eigenvalue weighted by atomic mass is 19.1. The molecule has 0 saturated carbocycles. The van der Waals surface area contributed by atoms with Crippen LogP contribution in [0.4, 0.5) is 4.39 Å². The van der Waals surface area contributed by atoms with Crippen LogP contribution >= 0.6 is 0 Å². The number of benzene rings is 1. The lowest BCUT2D eigenvalue weighted by molar-refractivity contribution is 0.0440. The van der Waals surface area contributed by atoms with Crippen LogP contribution in [0.1, 0.15) is 23.7 Å². The second-order valence-corrected chi connectivity index (χ2v) is 3.93. The second kappa shape index (κ2) is 8.61. The topological polar surface area (TPSA) is 44.8 Å². The number of halogens is 1. The van der Waals surface area contributed by atoms with Gasteiger partial charge in [0.05, 0.1) is 25.9 Å². The van der Waals surface area contributed by atoms with Crippen molar-refractivity contribution in [2.24, 2.45) is 0 Å². The summed E-state index contributed by atoms with van der Waals surface area (Å²) in [6, 6.07) is 3.82. The molecule has 0 N–H and O–H groups in total. The average molecular weight is 270 g/mol. The largest absolute Gasteiger partial charge is 0.496 e. The third-order valence-electron chi connectivity index (χ3n) is 2.42. The minimum Gasteiger partial charge on any atom is -0.496 e. The Bertz CT molecular complexity index is 406. The Morgan fingerprint density at radius 2 is 1.95 bits per heavy atom. The minimum absolute atomic E-state index is 0.116. The summed E-state index contributed by atoms with van der Waals surface area (Å²) in [4.78, 5) is 11.9. The Kier molecular flexibility index (Phi) is 7.07. The standard InChI is InChI=1S/C14H19FO4/c1-3-6-18-7-8-19-10-13(16)12-9-11(15)4-5-14(12)17-2/h4-5,9H,3,6-8,10H2,1-2H3. The first kappa shape index (κ1) is 15.6. The molecule has 0 aliphatic heterocycles. The average Bonchev–Trinajstić information content (AvgIpc) is 2.42. The van der Waals surface area contributed by atoms with E-state index in [1.54, 1.807) is 0 Å². The van der Waals surface area contributed by atoms with Crippen molar-refractivity contribution < 1.29 is 23.4 Å². The molecule has 5 heteroatoms. The second-order valence-electron chi connectivity index (χ2n) is 3.93. The maximum Gasteiger partial charge on any atom is 0.192 e. The molecule has 106 valence electrons. The molecule has 0 bridgehead atoms. The van der Waals surface area contributed by atoms with Crippen molar-refractivity contribution in [3.63, 3.8) is 0 Å². The first-order valence-corrected chi connectivity index (χ1v) is 6.21. The number of methoxy groups -OCH3 is 1. The Morgan fingerprint density at radius 3 is 2.63 bits per heavy atom. The molecule has 0 radical (unpaired) electrons. The zero-order chi connectivity index (χ0) is 14.1. The Balaban J connectivity index is 2.43. The van der Waals surface area contributed by atoms with Crippen LogP contribution in [0.3, 0.4) is 0 Å². The van der Waals surface area contributed by atoms with Crippen LogP contribution in [0.25, 0.3) is 0 Å². The summed E-state index contributed by atoms with van der Waals surface area (Å²) in [5.41, 5.74) is 0.192. The van der Waals surface area contributed by atoms with Crippen LogP contribution in [0.5, 0.6) is 5.75 Å². The van der Waals surface area contributed by atoms with E-state index in [9.17, 15) is 9.18 Å². The van der Waals surface area contributed by atoms with Crippen molar-refractivity contribution in [2.75, 3.05) is 33.5 Å². The highest BCUT2D eigenvalue weighted by molar-refractivity contribution is 5.99. The van der Waals surface area contributed by atoms with Gasteiger partial charge in [-0.05, 0) is 24.6 Å². The van der Waals surface area contributed by atoms with E-state index in [4.69, 9.17) is 14.2 Å². The lowest BCUT2D eigenvalue weighted by atomic mass is 10.1. The molecule has 0 unspecified atom stereocenters. The van der Waals surface area contributed by atoms with Gasteiger partial charge in [0.2, 0.25) is 0 Å². The van der Waals surface area contributed by atoms with Crippen LogP contribution < -0.4 is 4.74 Å². The highest BCUT2D eigenvalue weighted by Crippen LogP contribution is 2.19. The summed E-state index contributed by atoms with van der Waals surface area (Å²) < 4.78 is 28.5. The number of ether oxygens (including phenoxy) is 3. The van der Waals surface area contributed by atoms with Gasteiger partial charge in [-0.25, -0.2) is 4.39 Å². The van der Waals surface area contributed by atoms with Gasteiger partial charge in [-0.1, -0.05) is 6.92 Å². The van der Waals surface area contributed by atoms with Crippen LogP contribution in [-0.4, -0.2) is 39.3 Å². The summed E-state index contributed by atoms with van der Waals surface area (Å²) in [7, 11) is 1.43. The van der Waals surface area contributed by atoms with E-state index in [0.717, 1.165) is 12.5 Å². The van der Waals surface area contributed by atoms with E-state index in [0.29, 0.717) is 25.6 Å². The van der Waals surface area contributed by atoms with Crippen LogP contribution in [0.15, 0.2) is 18.2 Å². The Labute approximate surface area is 112 Å². The fraction of sp³-hybridized carbons (Fsp3) is 0.500. The van der Waals surface area contributed by atoms with E-state index in [-0.39, 0.29) is 18.0 Å². The fourth-order valence-corrected chi connectivity index (χ4v) is 1.50. The number of Topliss-reactive ketones (excluding diaryl/α,β-unsaturated/α-hetero) is 1. The molecule has 0 atom stereocenters. The van der Waals surface area contributed by atoms with E-state index >= 15 is 0 Å². The molecule has 0 fully saturated rings. The molecule has 4 nitrogen and oxygen atoms in total. The number of rotatable bonds is 9. The zero-order valence-corrected chi connectivity index (χ0v) is 11.3. The molecule has 0 heterocycles. The number of carbonyl (C=O) groups excluding carboxylic acids is 1. The van der Waals surface area contributed by atoms with E-state index in [2.05, 4.69) is 0 Å². The zero-order valence-electron chi connectivity index (χ0n) is 11.3. The lowest BCUT2D eigenvalue weighted by Gasteiger charge is -2.08. The molecule has 0 saturated heterocycles. The van der Waals surface area contributed by atoms with Crippen molar-refractivity contribution >= 4 is 5.78 Å². The van der Waals surface area contributed by atoms with Crippen molar-refractivity contribution in [1.82, 2.24) is 0 Å². The van der Waals surface area contributed by atoms with E-state index in [1.165, 1.54) is 19.2 Å². The molecular weight excluding hydrogens is 251 g/mol. The SMILES string of the molecule is CCCOCCOCC(=O)c1cc(F)ccc1OC. The van der Waals surface area contributed by atoms with Gasteiger partial charge in [-0.3, -0.25) is 4.79 Å². The normalized spacial score (nSPS) is 10.5. The molecule has 0 amide bonds. The van der Waals surface area contributed by atoms with Gasteiger partial charge in [-0.15, -0.1) is 0 Å². The van der Waals surface area contributed by atoms with Gasteiger partial charge in [0.15, 0.2) is 5.78 Å². The third kappa shape index (κ3) is 5.36. The number of ketones is 1. The summed E-state index contributed by atoms with van der Waals surface area (Å²) >= 11 is 0. The van der Waals surface area contributed by atoms with Crippen molar-refractivity contribution in [3.8, 4) is 5.75 Å². The highest BCUT2D eigenvalue weighted by Gasteiger charge is 2.13. The molecule has 0 aliphatic rings. The van der Waals surface area contributed by atoms with E-state index < -0.39 is 5.82 Å². The van der Waals surface area contributed by atoms with Crippen molar-refractivity contribution in [3.05, 3.63) is 29.6 Å². The number of carbonyl (C=O) groups is 1. The molecule has 0 aromatic heterocycles. The summed E-state index contributed by atoms with van der Waals surface area (Å²) in [5, 5.41) is 0. The summed E-state index contributed by atoms with van der Waals surface area (Å²) in [6.07, 6.45) is 0.944. The Hall–Kier alpha value is -1.46. The molecule has 19 heavy (non-hydrogen) atoms. The summed E-state index contributed by atoms with van der Waals surface area (Å²) in [6.45, 7) is 3.36. The van der Waals surface area contributed by atoms with Gasteiger partial charge in [0.25, 0.3) is 0 Å². The fourth-order valence-electron chi connectivity index (χ4n) is 1.50. The van der Waals surface area contributed by atoms with Crippen LogP contribution in [-0.2, 0) is 9.47 Å². The van der Waals surface area contributed by atoms with Gasteiger partial charge >= 0.3 is 0 Å². The van der Waals surface area contributed by atoms with Gasteiger partial charge in [0.1, 0.15) is 18.2 Å². The molecular formula is C14H19FO4. The maximum absolute atomic E-state index is 13.1. The number of hydrogen-bond acceptors (Lipinski definition) is 4. The number of hydrogen-bond donors (Lipinski definition) is 0. The smallest absolute Gasteiger partial charge is 0.192 e. The first-order valence-electron chi connectivity index (χ1n) is 6.21. The third-order valence-corrected chi connectivity index (χ3v) is 2.42. The van der Waals surface area contributed by atoms with Crippen LogP contribution in [0, 0.1) is 5.82 Å². The van der Waals surface area contributed by atoms with Gasteiger partial charge in [0, 0.05) is 6.61 Å². The molecule has 1 aromatic carbocycles. The quantitative estimate of drug-likeness (QED) is 0.511. The summed E-state index contributed by atoms with van der Waals surface area (Å²) in [5.74, 6) is -0.445. The predicted octanol–water partition coefficient (Wildman–Crippen LogP) is 2.46. The van der Waals surface area contributed by atoms with Crippen LogP contribution in [0.2, 0.25) is 0 Å². The predicted molar refractivity (Wildman–Crippen MR) is 69.2 cm³/mol. The Morgan fingerprint density at radius 1 is 1.21 bits per heavy atom. The van der Waals surface area contributed by atoms with Crippen molar-refractivity contribution in [1.29, 1.82) is 0 Å². The first-order chi connectivity index (χ1) is 9.19. The monoisotopic (exact) mass is 270 g/mol. The van der Waals surface area contributed by atoms with Gasteiger partial charge < -0.3 is 14.2 Å². The van der Waals surface area contributed by atoms with Crippen molar-refractivity contribution in [2.45, 2.75) is 13.3 Å². The molecule has 0 spiro atoms. The maximum atomic E-state index is 13.1. The lowest BCUT2D eigenvalue weighted by Crippen LogP contribution is -2.14. The molecule has 1 aromatic rings. The van der Waals surface area contributed by atoms with Gasteiger partial charge in [-0.2, -0.15) is 0 Å².